The van der Waals surface area contributed by atoms with Gasteiger partial charge in [0.1, 0.15) is 0 Å². The summed E-state index contributed by atoms with van der Waals surface area (Å²) in [4.78, 5) is 4.50. The van der Waals surface area contributed by atoms with E-state index in [2.05, 4.69) is 54.0 Å². The van der Waals surface area contributed by atoms with Crippen LogP contribution in [-0.2, 0) is 6.42 Å². The van der Waals surface area contributed by atoms with Crippen LogP contribution in [0.3, 0.4) is 0 Å². The molecule has 0 saturated carbocycles. The number of aryl methyl sites for hydroxylation is 2. The van der Waals surface area contributed by atoms with Crippen molar-refractivity contribution in [2.45, 2.75) is 33.2 Å². The largest absolute Gasteiger partial charge is 0.310 e. The average molecular weight is 260 g/mol. The molecule has 96 valence electrons. The van der Waals surface area contributed by atoms with Crippen LogP contribution in [-0.4, -0.2) is 11.5 Å². The topological polar surface area (TPSA) is 24.9 Å². The minimum atomic E-state index is 0.372. The Balaban J connectivity index is 2.16. The number of likely N-dealkylation sites (N-methyl/N-ethyl adjacent to an activating group) is 1. The molecule has 1 N–H and O–H groups in total. The fourth-order valence-corrected chi connectivity index (χ4v) is 3.00. The van der Waals surface area contributed by atoms with E-state index in [4.69, 9.17) is 0 Å². The normalized spacial score (nSPS) is 12.6. The molecule has 0 aromatic carbocycles. The van der Waals surface area contributed by atoms with Gasteiger partial charge in [-0.25, -0.2) is 0 Å². The Labute approximate surface area is 113 Å². The minimum absolute atomic E-state index is 0.372. The molecule has 0 aliphatic rings. The molecule has 2 nitrogen and oxygen atoms in total. The Morgan fingerprint density at radius 1 is 1.28 bits per heavy atom. The van der Waals surface area contributed by atoms with Crippen LogP contribution in [0.25, 0.3) is 0 Å². The molecule has 0 amide bonds. The van der Waals surface area contributed by atoms with Gasteiger partial charge in [0.2, 0.25) is 0 Å². The summed E-state index contributed by atoms with van der Waals surface area (Å²) < 4.78 is 0. The molecule has 0 bridgehead atoms. The van der Waals surface area contributed by atoms with Crippen LogP contribution in [0.5, 0.6) is 0 Å². The second-order valence-corrected chi connectivity index (χ2v) is 5.39. The zero-order chi connectivity index (χ0) is 13.0. The highest BCUT2D eigenvalue weighted by Gasteiger charge is 2.14. The highest BCUT2D eigenvalue weighted by atomic mass is 32.1. The van der Waals surface area contributed by atoms with Gasteiger partial charge < -0.3 is 5.32 Å². The summed E-state index contributed by atoms with van der Waals surface area (Å²) in [7, 11) is 0. The monoisotopic (exact) mass is 260 g/mol. The van der Waals surface area contributed by atoms with Crippen LogP contribution < -0.4 is 5.32 Å². The molecule has 18 heavy (non-hydrogen) atoms. The average Bonchev–Trinajstić information content (AvgIpc) is 2.78. The van der Waals surface area contributed by atoms with Gasteiger partial charge >= 0.3 is 0 Å². The maximum atomic E-state index is 4.50. The predicted octanol–water partition coefficient (Wildman–Crippen LogP) is 3.65. The van der Waals surface area contributed by atoms with Gasteiger partial charge in [-0.3, -0.25) is 4.98 Å². The highest BCUT2D eigenvalue weighted by Crippen LogP contribution is 2.24. The number of hydrogen-bond acceptors (Lipinski definition) is 3. The minimum Gasteiger partial charge on any atom is -0.310 e. The zero-order valence-electron chi connectivity index (χ0n) is 11.2. The lowest BCUT2D eigenvalue weighted by Crippen LogP contribution is -2.23. The molecule has 0 aliphatic heterocycles. The SMILES string of the molecule is CCNC(Cc1ccc(C)cn1)c1cscc1C. The number of nitrogens with zero attached hydrogens (tertiary/aromatic N) is 1. The van der Waals surface area contributed by atoms with Crippen molar-refractivity contribution in [3.63, 3.8) is 0 Å². The van der Waals surface area contributed by atoms with Crippen LogP contribution in [0.15, 0.2) is 29.1 Å². The Bertz CT molecular complexity index is 487. The first-order valence-electron chi connectivity index (χ1n) is 6.38. The van der Waals surface area contributed by atoms with Gasteiger partial charge in [0.05, 0.1) is 0 Å². The van der Waals surface area contributed by atoms with Crippen molar-refractivity contribution in [3.05, 3.63) is 51.5 Å². The Hall–Kier alpha value is -1.19. The van der Waals surface area contributed by atoms with Crippen LogP contribution >= 0.6 is 11.3 Å². The fraction of sp³-hybridized carbons (Fsp3) is 0.400. The number of hydrogen-bond donors (Lipinski definition) is 1. The summed E-state index contributed by atoms with van der Waals surface area (Å²) >= 11 is 1.77. The van der Waals surface area contributed by atoms with Crippen molar-refractivity contribution < 1.29 is 0 Å². The second kappa shape index (κ2) is 6.12. The molecule has 0 saturated heterocycles. The van der Waals surface area contributed by atoms with Gasteiger partial charge in [-0.1, -0.05) is 13.0 Å². The lowest BCUT2D eigenvalue weighted by atomic mass is 10.0. The molecular weight excluding hydrogens is 240 g/mol. The quantitative estimate of drug-likeness (QED) is 0.887. The highest BCUT2D eigenvalue weighted by molar-refractivity contribution is 7.08. The van der Waals surface area contributed by atoms with E-state index in [0.717, 1.165) is 18.7 Å². The first-order valence-corrected chi connectivity index (χ1v) is 7.32. The smallest absolute Gasteiger partial charge is 0.0422 e. The third kappa shape index (κ3) is 3.18. The van der Waals surface area contributed by atoms with E-state index in [-0.39, 0.29) is 0 Å². The van der Waals surface area contributed by atoms with Gasteiger partial charge in [-0.05, 0) is 53.9 Å². The van der Waals surface area contributed by atoms with E-state index in [1.807, 2.05) is 6.20 Å². The molecule has 2 rings (SSSR count). The molecule has 3 heteroatoms. The molecule has 0 radical (unpaired) electrons. The van der Waals surface area contributed by atoms with E-state index in [1.165, 1.54) is 16.7 Å². The Kier molecular flexibility index (Phi) is 4.50. The maximum absolute atomic E-state index is 4.50. The van der Waals surface area contributed by atoms with E-state index < -0.39 is 0 Å². The zero-order valence-corrected chi connectivity index (χ0v) is 12.1. The Morgan fingerprint density at radius 3 is 2.67 bits per heavy atom. The molecule has 0 spiro atoms. The molecule has 1 atom stereocenters. The van der Waals surface area contributed by atoms with Crippen LogP contribution in [0.4, 0.5) is 0 Å². The van der Waals surface area contributed by atoms with Gasteiger partial charge in [-0.15, -0.1) is 0 Å². The third-order valence-corrected chi connectivity index (χ3v) is 3.99. The summed E-state index contributed by atoms with van der Waals surface area (Å²) in [5.41, 5.74) is 5.14. The second-order valence-electron chi connectivity index (χ2n) is 4.65. The number of pyridine rings is 1. The van der Waals surface area contributed by atoms with Crippen molar-refractivity contribution in [1.29, 1.82) is 0 Å². The molecule has 0 aliphatic carbocycles. The van der Waals surface area contributed by atoms with Crippen LogP contribution in [0, 0.1) is 13.8 Å². The summed E-state index contributed by atoms with van der Waals surface area (Å²) in [6.45, 7) is 7.38. The summed E-state index contributed by atoms with van der Waals surface area (Å²) in [5, 5.41) is 8.01. The standard InChI is InChI=1S/C15H20N2S/c1-4-16-15(14-10-18-9-12(14)3)7-13-6-5-11(2)8-17-13/h5-6,8-10,15-16H,4,7H2,1-3H3. The molecule has 0 fully saturated rings. The van der Waals surface area contributed by atoms with E-state index in [9.17, 15) is 0 Å². The van der Waals surface area contributed by atoms with Crippen molar-refractivity contribution in [1.82, 2.24) is 10.3 Å². The van der Waals surface area contributed by atoms with Crippen molar-refractivity contribution in [2.75, 3.05) is 6.54 Å². The van der Waals surface area contributed by atoms with Crippen molar-refractivity contribution >= 4 is 11.3 Å². The predicted molar refractivity (Wildman–Crippen MR) is 78.2 cm³/mol. The van der Waals surface area contributed by atoms with Crippen LogP contribution in [0.1, 0.15) is 35.3 Å². The lowest BCUT2D eigenvalue weighted by Gasteiger charge is -2.17. The summed E-state index contributed by atoms with van der Waals surface area (Å²) in [6, 6.07) is 4.63. The van der Waals surface area contributed by atoms with E-state index in [0.29, 0.717) is 6.04 Å². The van der Waals surface area contributed by atoms with Gasteiger partial charge in [0.25, 0.3) is 0 Å². The molecule has 1 unspecified atom stereocenters. The van der Waals surface area contributed by atoms with Crippen molar-refractivity contribution in [3.8, 4) is 0 Å². The van der Waals surface area contributed by atoms with Gasteiger partial charge in [-0.2, -0.15) is 11.3 Å². The van der Waals surface area contributed by atoms with E-state index in [1.54, 1.807) is 11.3 Å². The van der Waals surface area contributed by atoms with Crippen LogP contribution in [0.2, 0.25) is 0 Å². The summed E-state index contributed by atoms with van der Waals surface area (Å²) in [6.07, 6.45) is 2.89. The number of aromatic nitrogens is 1. The maximum Gasteiger partial charge on any atom is 0.0422 e. The number of rotatable bonds is 5. The molecule has 2 heterocycles. The van der Waals surface area contributed by atoms with Gasteiger partial charge in [0.15, 0.2) is 0 Å². The first-order chi connectivity index (χ1) is 8.70. The molecule has 2 aromatic rings. The number of thiophene rings is 1. The third-order valence-electron chi connectivity index (χ3n) is 3.11. The fourth-order valence-electron chi connectivity index (χ4n) is 2.09. The first kappa shape index (κ1) is 13.2. The lowest BCUT2D eigenvalue weighted by molar-refractivity contribution is 0.543. The van der Waals surface area contributed by atoms with Crippen molar-refractivity contribution in [2.24, 2.45) is 0 Å². The molecule has 2 aromatic heterocycles. The van der Waals surface area contributed by atoms with E-state index >= 15 is 0 Å². The Morgan fingerprint density at radius 2 is 2.11 bits per heavy atom. The summed E-state index contributed by atoms with van der Waals surface area (Å²) in [5.74, 6) is 0. The number of nitrogens with one attached hydrogen (secondary N) is 1. The van der Waals surface area contributed by atoms with Gasteiger partial charge in [0, 0.05) is 24.4 Å². The molecular formula is C15H20N2S.